The first-order valence-electron chi connectivity index (χ1n) is 8.46. The van der Waals surface area contributed by atoms with Crippen LogP contribution in [0, 0.1) is 5.92 Å². The molecule has 2 unspecified atom stereocenters. The average Bonchev–Trinajstić information content (AvgIpc) is 2.89. The average molecular weight is 465 g/mol. The third-order valence-corrected chi connectivity index (χ3v) is 4.93. The predicted molar refractivity (Wildman–Crippen MR) is 115 cm³/mol. The van der Waals surface area contributed by atoms with Crippen molar-refractivity contribution in [3.63, 3.8) is 0 Å². The number of aliphatic imine (C=N–C) groups is 1. The van der Waals surface area contributed by atoms with Crippen LogP contribution in [0.25, 0.3) is 0 Å². The van der Waals surface area contributed by atoms with E-state index < -0.39 is 0 Å². The lowest BCUT2D eigenvalue weighted by Gasteiger charge is -2.22. The van der Waals surface area contributed by atoms with Gasteiger partial charge >= 0.3 is 0 Å². The van der Waals surface area contributed by atoms with Gasteiger partial charge in [-0.05, 0) is 37.8 Å². The van der Waals surface area contributed by atoms with Gasteiger partial charge in [0.1, 0.15) is 0 Å². The lowest BCUT2D eigenvalue weighted by molar-refractivity contribution is 0.265. The molecule has 136 valence electrons. The van der Waals surface area contributed by atoms with E-state index >= 15 is 0 Å². The second kappa shape index (κ2) is 10.5. The Bertz CT molecular complexity index is 536. The van der Waals surface area contributed by atoms with E-state index in [0.717, 1.165) is 42.6 Å². The molecule has 0 spiro atoms. The molecule has 1 aromatic rings. The third-order valence-electron chi connectivity index (χ3n) is 4.56. The van der Waals surface area contributed by atoms with Crippen molar-refractivity contribution >= 4 is 41.5 Å². The maximum absolute atomic E-state index is 6.20. The molecule has 0 radical (unpaired) electrons. The van der Waals surface area contributed by atoms with Crippen molar-refractivity contribution in [2.45, 2.75) is 39.3 Å². The monoisotopic (exact) mass is 464 g/mol. The van der Waals surface area contributed by atoms with Gasteiger partial charge < -0.3 is 10.6 Å². The fraction of sp³-hybridized carbons (Fsp3) is 0.611. The molecule has 2 N–H and O–H groups in total. The van der Waals surface area contributed by atoms with Crippen LogP contribution in [0.1, 0.15) is 26.3 Å². The molecule has 1 heterocycles. The van der Waals surface area contributed by atoms with E-state index in [0.29, 0.717) is 18.0 Å². The fourth-order valence-electron chi connectivity index (χ4n) is 3.00. The Morgan fingerprint density at radius 2 is 2.04 bits per heavy atom. The number of nitrogens with zero attached hydrogens (tertiary/aromatic N) is 2. The molecule has 1 fully saturated rings. The van der Waals surface area contributed by atoms with Crippen LogP contribution in [0.3, 0.4) is 0 Å². The SMILES string of the molecule is CN=C(NCCc1ccccc1Cl)NC1CN(C(C)C)CC1C.I. The summed E-state index contributed by atoms with van der Waals surface area (Å²) in [6, 6.07) is 9.03. The van der Waals surface area contributed by atoms with Crippen molar-refractivity contribution in [1.29, 1.82) is 0 Å². The summed E-state index contributed by atoms with van der Waals surface area (Å²) >= 11 is 6.20. The van der Waals surface area contributed by atoms with Gasteiger partial charge in [-0.15, -0.1) is 24.0 Å². The summed E-state index contributed by atoms with van der Waals surface area (Å²) < 4.78 is 0. The molecule has 4 nitrogen and oxygen atoms in total. The first kappa shape index (κ1) is 21.5. The summed E-state index contributed by atoms with van der Waals surface area (Å²) in [6.45, 7) is 9.85. The van der Waals surface area contributed by atoms with E-state index in [1.807, 2.05) is 25.2 Å². The van der Waals surface area contributed by atoms with Crippen LogP contribution in [-0.4, -0.2) is 49.6 Å². The quantitative estimate of drug-likeness (QED) is 0.399. The molecule has 1 aliphatic heterocycles. The van der Waals surface area contributed by atoms with Crippen LogP contribution in [0.15, 0.2) is 29.3 Å². The number of halogens is 2. The van der Waals surface area contributed by atoms with E-state index in [1.54, 1.807) is 0 Å². The number of benzene rings is 1. The zero-order chi connectivity index (χ0) is 16.8. The molecule has 0 bridgehead atoms. The Balaban J connectivity index is 0.00000288. The highest BCUT2D eigenvalue weighted by Gasteiger charge is 2.31. The molecule has 0 saturated carbocycles. The Kier molecular flexibility index (Phi) is 9.37. The van der Waals surface area contributed by atoms with Crippen LogP contribution >= 0.6 is 35.6 Å². The molecule has 1 saturated heterocycles. The number of hydrogen-bond acceptors (Lipinski definition) is 2. The molecule has 2 atom stereocenters. The lowest BCUT2D eigenvalue weighted by Crippen LogP contribution is -2.47. The van der Waals surface area contributed by atoms with Gasteiger partial charge in [0.25, 0.3) is 0 Å². The molecule has 2 rings (SSSR count). The number of nitrogens with one attached hydrogen (secondary N) is 2. The third kappa shape index (κ3) is 6.08. The van der Waals surface area contributed by atoms with Crippen molar-refractivity contribution in [3.05, 3.63) is 34.9 Å². The number of guanidine groups is 1. The van der Waals surface area contributed by atoms with Gasteiger partial charge in [-0.3, -0.25) is 9.89 Å². The van der Waals surface area contributed by atoms with E-state index in [-0.39, 0.29) is 24.0 Å². The van der Waals surface area contributed by atoms with E-state index in [4.69, 9.17) is 11.6 Å². The van der Waals surface area contributed by atoms with Gasteiger partial charge in [0.15, 0.2) is 5.96 Å². The Hall–Kier alpha value is -0.530. The standard InChI is InChI=1S/C18H29ClN4.HI/c1-13(2)23-11-14(3)17(12-23)22-18(20-4)21-10-9-15-7-5-6-8-16(15)19;/h5-8,13-14,17H,9-12H2,1-4H3,(H2,20,21,22);1H. The van der Waals surface area contributed by atoms with Gasteiger partial charge in [-0.25, -0.2) is 0 Å². The summed E-state index contributed by atoms with van der Waals surface area (Å²) in [5.74, 6) is 1.50. The Labute approximate surface area is 168 Å². The van der Waals surface area contributed by atoms with Gasteiger partial charge in [-0.2, -0.15) is 0 Å². The molecular weight excluding hydrogens is 435 g/mol. The molecule has 0 amide bonds. The largest absolute Gasteiger partial charge is 0.356 e. The molecule has 6 heteroatoms. The molecule has 1 aliphatic rings. The summed E-state index contributed by atoms with van der Waals surface area (Å²) in [4.78, 5) is 6.87. The lowest BCUT2D eigenvalue weighted by atomic mass is 10.1. The first-order chi connectivity index (χ1) is 11.0. The van der Waals surface area contributed by atoms with E-state index in [2.05, 4.69) is 47.4 Å². The predicted octanol–water partition coefficient (Wildman–Crippen LogP) is 3.39. The minimum Gasteiger partial charge on any atom is -0.356 e. The van der Waals surface area contributed by atoms with Crippen LogP contribution in [0.4, 0.5) is 0 Å². The van der Waals surface area contributed by atoms with Crippen molar-refractivity contribution in [3.8, 4) is 0 Å². The maximum atomic E-state index is 6.20. The van der Waals surface area contributed by atoms with Crippen molar-refractivity contribution < 1.29 is 0 Å². The number of hydrogen-bond donors (Lipinski definition) is 2. The molecule has 1 aromatic carbocycles. The molecule has 0 aromatic heterocycles. The highest BCUT2D eigenvalue weighted by atomic mass is 127. The Morgan fingerprint density at radius 1 is 1.33 bits per heavy atom. The van der Waals surface area contributed by atoms with Crippen LogP contribution < -0.4 is 10.6 Å². The molecule has 24 heavy (non-hydrogen) atoms. The zero-order valence-corrected chi connectivity index (χ0v) is 18.1. The van der Waals surface area contributed by atoms with Crippen molar-refractivity contribution in [1.82, 2.24) is 15.5 Å². The summed E-state index contributed by atoms with van der Waals surface area (Å²) in [7, 11) is 1.82. The second-order valence-corrected chi connectivity index (χ2v) is 7.02. The van der Waals surface area contributed by atoms with Crippen LogP contribution in [0.2, 0.25) is 5.02 Å². The van der Waals surface area contributed by atoms with E-state index in [1.165, 1.54) is 0 Å². The summed E-state index contributed by atoms with van der Waals surface area (Å²) in [5, 5.41) is 7.79. The first-order valence-corrected chi connectivity index (χ1v) is 8.83. The smallest absolute Gasteiger partial charge is 0.191 e. The number of rotatable bonds is 5. The fourth-order valence-corrected chi connectivity index (χ4v) is 3.23. The van der Waals surface area contributed by atoms with Crippen molar-refractivity contribution in [2.24, 2.45) is 10.9 Å². The normalized spacial score (nSPS) is 21.7. The summed E-state index contributed by atoms with van der Waals surface area (Å²) in [5.41, 5.74) is 1.16. The van der Waals surface area contributed by atoms with Crippen LogP contribution in [-0.2, 0) is 6.42 Å². The molecular formula is C18H30ClIN4. The zero-order valence-electron chi connectivity index (χ0n) is 15.1. The number of likely N-dealkylation sites (tertiary alicyclic amines) is 1. The molecule has 0 aliphatic carbocycles. The summed E-state index contributed by atoms with van der Waals surface area (Å²) in [6.07, 6.45) is 0.888. The second-order valence-electron chi connectivity index (χ2n) is 6.62. The van der Waals surface area contributed by atoms with E-state index in [9.17, 15) is 0 Å². The Morgan fingerprint density at radius 3 is 2.62 bits per heavy atom. The van der Waals surface area contributed by atoms with Gasteiger partial charge in [0.2, 0.25) is 0 Å². The van der Waals surface area contributed by atoms with Crippen LogP contribution in [0.5, 0.6) is 0 Å². The minimum absolute atomic E-state index is 0. The minimum atomic E-state index is 0. The highest BCUT2D eigenvalue weighted by molar-refractivity contribution is 14.0. The van der Waals surface area contributed by atoms with Gasteiger partial charge in [-0.1, -0.05) is 36.7 Å². The highest BCUT2D eigenvalue weighted by Crippen LogP contribution is 2.18. The van der Waals surface area contributed by atoms with Gasteiger partial charge in [0.05, 0.1) is 0 Å². The van der Waals surface area contributed by atoms with Gasteiger partial charge in [0, 0.05) is 43.8 Å². The van der Waals surface area contributed by atoms with Crippen molar-refractivity contribution in [2.75, 3.05) is 26.7 Å². The maximum Gasteiger partial charge on any atom is 0.191 e. The topological polar surface area (TPSA) is 39.7 Å².